The van der Waals surface area contributed by atoms with E-state index in [2.05, 4.69) is 10.2 Å². The van der Waals surface area contributed by atoms with Crippen LogP contribution in [0.4, 0.5) is 5.69 Å². The van der Waals surface area contributed by atoms with Crippen molar-refractivity contribution in [3.05, 3.63) is 65.7 Å². The summed E-state index contributed by atoms with van der Waals surface area (Å²) in [7, 11) is 0. The monoisotopic (exact) mass is 309 g/mol. The van der Waals surface area contributed by atoms with Gasteiger partial charge in [-0.3, -0.25) is 9.59 Å². The summed E-state index contributed by atoms with van der Waals surface area (Å²) in [5.41, 5.74) is 8.07. The third kappa shape index (κ3) is 4.85. The zero-order chi connectivity index (χ0) is 16.7. The molecule has 2 N–H and O–H groups in total. The lowest BCUT2D eigenvalue weighted by Crippen LogP contribution is -2.13. The van der Waals surface area contributed by atoms with E-state index in [0.29, 0.717) is 12.2 Å². The fourth-order valence-electron chi connectivity index (χ4n) is 2.17. The van der Waals surface area contributed by atoms with E-state index in [1.54, 1.807) is 18.2 Å². The summed E-state index contributed by atoms with van der Waals surface area (Å²) in [6.45, 7) is 1.69. The van der Waals surface area contributed by atoms with Crippen molar-refractivity contribution in [1.82, 2.24) is 0 Å². The second kappa shape index (κ2) is 7.98. The summed E-state index contributed by atoms with van der Waals surface area (Å²) < 4.78 is 0. The molecule has 23 heavy (non-hydrogen) atoms. The summed E-state index contributed by atoms with van der Waals surface area (Å²) >= 11 is 0. The van der Waals surface area contributed by atoms with E-state index < -0.39 is 6.04 Å². The lowest BCUT2D eigenvalue weighted by molar-refractivity contribution is -0.126. The van der Waals surface area contributed by atoms with E-state index in [-0.39, 0.29) is 18.0 Å². The molecular formula is C18H19N3O2. The Bertz CT molecular complexity index is 711. The Morgan fingerprint density at radius 3 is 2.35 bits per heavy atom. The van der Waals surface area contributed by atoms with Crippen molar-refractivity contribution < 1.29 is 9.59 Å². The number of rotatable bonds is 7. The average molecular weight is 309 g/mol. The molecule has 2 aromatic rings. The molecule has 5 heteroatoms. The quantitative estimate of drug-likeness (QED) is 0.482. The van der Waals surface area contributed by atoms with Gasteiger partial charge in [-0.1, -0.05) is 48.5 Å². The van der Waals surface area contributed by atoms with E-state index >= 15 is 0 Å². The van der Waals surface area contributed by atoms with E-state index in [1.807, 2.05) is 36.4 Å². The summed E-state index contributed by atoms with van der Waals surface area (Å²) in [5.74, 6) is -0.438. The van der Waals surface area contributed by atoms with Crippen LogP contribution in [0.5, 0.6) is 0 Å². The molecule has 118 valence electrons. The molecule has 0 aliphatic rings. The molecule has 2 rings (SSSR count). The van der Waals surface area contributed by atoms with Crippen molar-refractivity contribution >= 4 is 17.3 Å². The molecule has 0 aromatic heterocycles. The third-order valence-corrected chi connectivity index (χ3v) is 3.34. The number of carbonyl (C=O) groups is 2. The van der Waals surface area contributed by atoms with Crippen LogP contribution in [0.3, 0.4) is 0 Å². The first-order chi connectivity index (χ1) is 11.1. The Morgan fingerprint density at radius 1 is 1.04 bits per heavy atom. The van der Waals surface area contributed by atoms with Crippen molar-refractivity contribution in [2.45, 2.75) is 25.9 Å². The third-order valence-electron chi connectivity index (χ3n) is 3.34. The number of ketones is 2. The summed E-state index contributed by atoms with van der Waals surface area (Å²) in [5, 5.41) is 8.27. The zero-order valence-corrected chi connectivity index (χ0v) is 13.0. The maximum atomic E-state index is 12.3. The van der Waals surface area contributed by atoms with Crippen molar-refractivity contribution in [3.8, 4) is 0 Å². The van der Waals surface area contributed by atoms with Crippen LogP contribution in [0.1, 0.15) is 30.5 Å². The van der Waals surface area contributed by atoms with Gasteiger partial charge in [0.25, 0.3) is 0 Å². The van der Waals surface area contributed by atoms with Gasteiger partial charge in [0.15, 0.2) is 11.8 Å². The molecule has 5 nitrogen and oxygen atoms in total. The van der Waals surface area contributed by atoms with Gasteiger partial charge in [-0.25, -0.2) is 0 Å². The van der Waals surface area contributed by atoms with E-state index in [4.69, 9.17) is 5.73 Å². The number of Topliss-reactive ketones (excluding diaryl/α,β-unsaturated/α-hetero) is 2. The van der Waals surface area contributed by atoms with Crippen LogP contribution in [0.15, 0.2) is 64.8 Å². The lowest BCUT2D eigenvalue weighted by Gasteiger charge is -2.10. The summed E-state index contributed by atoms with van der Waals surface area (Å²) in [4.78, 5) is 23.5. The fourth-order valence-corrected chi connectivity index (χ4v) is 2.17. The van der Waals surface area contributed by atoms with Crippen molar-refractivity contribution in [2.24, 2.45) is 10.2 Å². The van der Waals surface area contributed by atoms with E-state index in [9.17, 15) is 9.59 Å². The molecule has 0 amide bonds. The number of nitrogens with two attached hydrogens (primary N) is 1. The van der Waals surface area contributed by atoms with Crippen LogP contribution in [-0.2, 0) is 16.1 Å². The number of hydrogen-bond donors (Lipinski definition) is 1. The number of azo groups is 1. The SMILES string of the molecule is CC(=O)CC(=O)C(N=NCc1ccccc1N)c1ccccc1. The summed E-state index contributed by atoms with van der Waals surface area (Å²) in [6.07, 6.45) is -0.147. The van der Waals surface area contributed by atoms with Crippen LogP contribution in [0.25, 0.3) is 0 Å². The Balaban J connectivity index is 2.17. The highest BCUT2D eigenvalue weighted by Gasteiger charge is 2.21. The lowest BCUT2D eigenvalue weighted by atomic mass is 10.0. The standard InChI is InChI=1S/C18H19N3O2/c1-13(22)11-17(23)18(14-7-3-2-4-8-14)21-20-12-15-9-5-6-10-16(15)19/h2-10,18H,11-12,19H2,1H3. The van der Waals surface area contributed by atoms with Crippen LogP contribution < -0.4 is 5.73 Å². The van der Waals surface area contributed by atoms with Gasteiger partial charge in [0.1, 0.15) is 5.78 Å². The van der Waals surface area contributed by atoms with Crippen LogP contribution in [0, 0.1) is 0 Å². The molecule has 0 aliphatic heterocycles. The maximum Gasteiger partial charge on any atom is 0.171 e. The normalized spacial score (nSPS) is 12.2. The fraction of sp³-hybridized carbons (Fsp3) is 0.222. The molecule has 1 atom stereocenters. The van der Waals surface area contributed by atoms with Crippen molar-refractivity contribution in [2.75, 3.05) is 5.73 Å². The van der Waals surface area contributed by atoms with Gasteiger partial charge in [-0.05, 0) is 24.1 Å². The first-order valence-corrected chi connectivity index (χ1v) is 7.35. The molecule has 1 unspecified atom stereocenters. The second-order valence-corrected chi connectivity index (χ2v) is 5.27. The molecule has 0 heterocycles. The van der Waals surface area contributed by atoms with Gasteiger partial charge in [-0.15, -0.1) is 0 Å². The number of anilines is 1. The number of nitrogen functional groups attached to an aromatic ring is 1. The minimum atomic E-state index is -0.759. The molecule has 0 saturated carbocycles. The van der Waals surface area contributed by atoms with E-state index in [1.165, 1.54) is 6.92 Å². The van der Waals surface area contributed by atoms with Gasteiger partial charge < -0.3 is 5.73 Å². The van der Waals surface area contributed by atoms with Gasteiger partial charge in [0, 0.05) is 5.69 Å². The largest absolute Gasteiger partial charge is 0.398 e. The number of para-hydroxylation sites is 1. The number of nitrogens with zero attached hydrogens (tertiary/aromatic N) is 2. The molecular weight excluding hydrogens is 290 g/mol. The van der Waals surface area contributed by atoms with Crippen LogP contribution in [0.2, 0.25) is 0 Å². The molecule has 0 fully saturated rings. The molecule has 0 saturated heterocycles. The van der Waals surface area contributed by atoms with Gasteiger partial charge in [0.05, 0.1) is 13.0 Å². The minimum Gasteiger partial charge on any atom is -0.398 e. The Morgan fingerprint density at radius 2 is 1.70 bits per heavy atom. The van der Waals surface area contributed by atoms with Gasteiger partial charge >= 0.3 is 0 Å². The Kier molecular flexibility index (Phi) is 5.74. The molecule has 0 radical (unpaired) electrons. The predicted molar refractivity (Wildman–Crippen MR) is 88.9 cm³/mol. The zero-order valence-electron chi connectivity index (χ0n) is 13.0. The highest BCUT2D eigenvalue weighted by molar-refractivity contribution is 6.00. The first-order valence-electron chi connectivity index (χ1n) is 7.35. The summed E-state index contributed by atoms with van der Waals surface area (Å²) in [6, 6.07) is 15.7. The molecule has 0 aliphatic carbocycles. The van der Waals surface area contributed by atoms with E-state index in [0.717, 1.165) is 11.1 Å². The molecule has 0 bridgehead atoms. The second-order valence-electron chi connectivity index (χ2n) is 5.27. The first kappa shape index (κ1) is 16.5. The van der Waals surface area contributed by atoms with Crippen LogP contribution >= 0.6 is 0 Å². The Hall–Kier alpha value is -2.82. The van der Waals surface area contributed by atoms with Gasteiger partial charge in [0.2, 0.25) is 0 Å². The highest BCUT2D eigenvalue weighted by Crippen LogP contribution is 2.21. The van der Waals surface area contributed by atoms with Crippen molar-refractivity contribution in [1.29, 1.82) is 0 Å². The molecule has 2 aromatic carbocycles. The smallest absolute Gasteiger partial charge is 0.171 e. The maximum absolute atomic E-state index is 12.3. The Labute approximate surface area is 135 Å². The topological polar surface area (TPSA) is 84.9 Å². The van der Waals surface area contributed by atoms with Gasteiger partial charge in [-0.2, -0.15) is 10.2 Å². The predicted octanol–water partition coefficient (Wildman–Crippen LogP) is 3.51. The minimum absolute atomic E-state index is 0.147. The number of hydrogen-bond acceptors (Lipinski definition) is 5. The average Bonchev–Trinajstić information content (AvgIpc) is 2.53. The number of carbonyl (C=O) groups excluding carboxylic acids is 2. The molecule has 0 spiro atoms. The highest BCUT2D eigenvalue weighted by atomic mass is 16.1. The van der Waals surface area contributed by atoms with Crippen LogP contribution in [-0.4, -0.2) is 11.6 Å². The van der Waals surface area contributed by atoms with Crippen molar-refractivity contribution in [3.63, 3.8) is 0 Å². The number of benzene rings is 2.